The van der Waals surface area contributed by atoms with Crippen molar-refractivity contribution in [2.45, 2.75) is 6.54 Å². The minimum Gasteiger partial charge on any atom is -0.439 e. The van der Waals surface area contributed by atoms with Crippen LogP contribution in [0.4, 0.5) is 5.69 Å². The Morgan fingerprint density at radius 3 is 2.52 bits per heavy atom. The Hall–Kier alpha value is -3.42. The SMILES string of the molecule is N#Cc1cc(N)c(Oc2ccc(Cl)cc2)n1Cc1cccc2ccccc12. The van der Waals surface area contributed by atoms with E-state index in [1.54, 1.807) is 34.9 Å². The monoisotopic (exact) mass is 373 g/mol. The number of anilines is 1. The van der Waals surface area contributed by atoms with Crippen molar-refractivity contribution >= 4 is 28.1 Å². The predicted molar refractivity (Wildman–Crippen MR) is 108 cm³/mol. The van der Waals surface area contributed by atoms with Crippen LogP contribution in [0.2, 0.25) is 5.02 Å². The third kappa shape index (κ3) is 3.33. The summed E-state index contributed by atoms with van der Waals surface area (Å²) in [6.45, 7) is 0.477. The fourth-order valence-electron chi connectivity index (χ4n) is 3.13. The molecule has 4 nitrogen and oxygen atoms in total. The Kier molecular flexibility index (Phi) is 4.45. The average molecular weight is 374 g/mol. The van der Waals surface area contributed by atoms with Crippen molar-refractivity contribution < 1.29 is 4.74 Å². The van der Waals surface area contributed by atoms with E-state index in [1.807, 2.05) is 24.3 Å². The molecule has 0 unspecified atom stereocenters. The first-order valence-electron chi connectivity index (χ1n) is 8.45. The van der Waals surface area contributed by atoms with Crippen LogP contribution in [0.15, 0.2) is 72.8 Å². The third-order valence-electron chi connectivity index (χ3n) is 4.43. The lowest BCUT2D eigenvalue weighted by atomic mass is 10.0. The molecule has 0 amide bonds. The number of nitriles is 1. The molecule has 0 bridgehead atoms. The first-order chi connectivity index (χ1) is 13.2. The van der Waals surface area contributed by atoms with Crippen LogP contribution in [0.1, 0.15) is 11.3 Å². The minimum absolute atomic E-state index is 0.418. The summed E-state index contributed by atoms with van der Waals surface area (Å²) < 4.78 is 7.79. The molecule has 2 N–H and O–H groups in total. The van der Waals surface area contributed by atoms with E-state index in [9.17, 15) is 5.26 Å². The molecule has 4 rings (SSSR count). The first-order valence-corrected chi connectivity index (χ1v) is 8.82. The number of hydrogen-bond acceptors (Lipinski definition) is 3. The van der Waals surface area contributed by atoms with Crippen molar-refractivity contribution in [2.24, 2.45) is 0 Å². The molecule has 0 spiro atoms. The van der Waals surface area contributed by atoms with E-state index in [4.69, 9.17) is 22.1 Å². The van der Waals surface area contributed by atoms with Gasteiger partial charge in [0.1, 0.15) is 17.5 Å². The fourth-order valence-corrected chi connectivity index (χ4v) is 3.26. The van der Waals surface area contributed by atoms with Gasteiger partial charge in [0.2, 0.25) is 5.88 Å². The van der Waals surface area contributed by atoms with Gasteiger partial charge in [-0.05, 0) is 40.6 Å². The van der Waals surface area contributed by atoms with Crippen molar-refractivity contribution in [1.29, 1.82) is 5.26 Å². The van der Waals surface area contributed by atoms with Crippen molar-refractivity contribution in [1.82, 2.24) is 4.57 Å². The van der Waals surface area contributed by atoms with Gasteiger partial charge in [-0.15, -0.1) is 0 Å². The van der Waals surface area contributed by atoms with Gasteiger partial charge in [-0.2, -0.15) is 5.26 Å². The van der Waals surface area contributed by atoms with Crippen LogP contribution in [0, 0.1) is 11.3 Å². The Morgan fingerprint density at radius 1 is 1.00 bits per heavy atom. The molecule has 0 aliphatic rings. The third-order valence-corrected chi connectivity index (χ3v) is 4.68. The van der Waals surface area contributed by atoms with Crippen LogP contribution in [0.5, 0.6) is 11.6 Å². The van der Waals surface area contributed by atoms with Crippen LogP contribution in [-0.4, -0.2) is 4.57 Å². The molecule has 1 aromatic heterocycles. The highest BCUT2D eigenvalue weighted by molar-refractivity contribution is 6.30. The standard InChI is InChI=1S/C22H16ClN3O/c23-17-8-10-19(11-9-17)27-22-21(25)12-18(13-24)26(22)14-16-6-3-5-15-4-1-2-7-20(15)16/h1-12H,14,25H2. The molecular formula is C22H16ClN3O. The second kappa shape index (κ2) is 7.06. The number of nitrogens with zero attached hydrogens (tertiary/aromatic N) is 2. The van der Waals surface area contributed by atoms with E-state index in [0.29, 0.717) is 34.6 Å². The predicted octanol–water partition coefficient (Wildman–Crippen LogP) is 5.59. The second-order valence-corrected chi connectivity index (χ2v) is 6.62. The summed E-state index contributed by atoms with van der Waals surface area (Å²) in [6.07, 6.45) is 0. The number of ether oxygens (including phenoxy) is 1. The van der Waals surface area contributed by atoms with Crippen molar-refractivity contribution in [3.05, 3.63) is 89.1 Å². The Morgan fingerprint density at radius 2 is 1.74 bits per heavy atom. The molecule has 1 heterocycles. The number of hydrogen-bond donors (Lipinski definition) is 1. The van der Waals surface area contributed by atoms with Gasteiger partial charge < -0.3 is 10.5 Å². The highest BCUT2D eigenvalue weighted by Gasteiger charge is 2.16. The van der Waals surface area contributed by atoms with Crippen LogP contribution in [0.3, 0.4) is 0 Å². The van der Waals surface area contributed by atoms with Crippen molar-refractivity contribution in [3.63, 3.8) is 0 Å². The quantitative estimate of drug-likeness (QED) is 0.507. The summed E-state index contributed by atoms with van der Waals surface area (Å²) in [5.41, 5.74) is 8.09. The minimum atomic E-state index is 0.418. The topological polar surface area (TPSA) is 64.0 Å². The van der Waals surface area contributed by atoms with Gasteiger partial charge in [-0.3, -0.25) is 4.57 Å². The molecule has 5 heteroatoms. The summed E-state index contributed by atoms with van der Waals surface area (Å²) >= 11 is 5.94. The number of aromatic nitrogens is 1. The second-order valence-electron chi connectivity index (χ2n) is 6.18. The lowest BCUT2D eigenvalue weighted by molar-refractivity contribution is 0.437. The van der Waals surface area contributed by atoms with Crippen molar-refractivity contribution in [3.8, 4) is 17.7 Å². The highest BCUT2D eigenvalue weighted by atomic mass is 35.5. The van der Waals surface area contributed by atoms with Crippen LogP contribution < -0.4 is 10.5 Å². The summed E-state index contributed by atoms with van der Waals surface area (Å²) in [6, 6.07) is 25.1. The number of benzene rings is 3. The molecule has 0 aliphatic carbocycles. The van der Waals surface area contributed by atoms with Gasteiger partial charge in [0.25, 0.3) is 0 Å². The maximum absolute atomic E-state index is 9.55. The van der Waals surface area contributed by atoms with Gasteiger partial charge >= 0.3 is 0 Å². The van der Waals surface area contributed by atoms with E-state index >= 15 is 0 Å². The zero-order chi connectivity index (χ0) is 18.8. The normalized spacial score (nSPS) is 10.7. The molecule has 0 saturated heterocycles. The largest absolute Gasteiger partial charge is 0.439 e. The maximum atomic E-state index is 9.55. The Labute approximate surface area is 162 Å². The molecule has 4 aromatic rings. The molecule has 132 valence electrons. The zero-order valence-electron chi connectivity index (χ0n) is 14.4. The first kappa shape index (κ1) is 17.0. The van der Waals surface area contributed by atoms with Gasteiger partial charge in [0, 0.05) is 11.1 Å². The molecule has 3 aromatic carbocycles. The van der Waals surface area contributed by atoms with Crippen LogP contribution >= 0.6 is 11.6 Å². The molecular weight excluding hydrogens is 358 g/mol. The van der Waals surface area contributed by atoms with E-state index in [2.05, 4.69) is 24.3 Å². The van der Waals surface area contributed by atoms with Gasteiger partial charge in [0.15, 0.2) is 0 Å². The van der Waals surface area contributed by atoms with Gasteiger partial charge in [0.05, 0.1) is 12.2 Å². The maximum Gasteiger partial charge on any atom is 0.224 e. The number of fused-ring (bicyclic) bond motifs is 1. The summed E-state index contributed by atoms with van der Waals surface area (Å²) in [5.74, 6) is 1.05. The fraction of sp³-hybridized carbons (Fsp3) is 0.0455. The van der Waals surface area contributed by atoms with E-state index in [-0.39, 0.29) is 0 Å². The van der Waals surface area contributed by atoms with Crippen molar-refractivity contribution in [2.75, 3.05) is 5.73 Å². The van der Waals surface area contributed by atoms with E-state index in [0.717, 1.165) is 16.3 Å². The van der Waals surface area contributed by atoms with E-state index in [1.165, 1.54) is 0 Å². The van der Waals surface area contributed by atoms with Crippen LogP contribution in [-0.2, 0) is 6.54 Å². The van der Waals surface area contributed by atoms with Gasteiger partial charge in [-0.1, -0.05) is 54.1 Å². The molecule has 0 aliphatic heterocycles. The number of nitrogen functional groups attached to an aromatic ring is 1. The Balaban J connectivity index is 1.77. The van der Waals surface area contributed by atoms with Crippen LogP contribution in [0.25, 0.3) is 10.8 Å². The number of rotatable bonds is 4. The molecule has 27 heavy (non-hydrogen) atoms. The summed E-state index contributed by atoms with van der Waals surface area (Å²) in [7, 11) is 0. The lowest BCUT2D eigenvalue weighted by Gasteiger charge is -2.14. The molecule has 0 saturated carbocycles. The zero-order valence-corrected chi connectivity index (χ0v) is 15.1. The highest BCUT2D eigenvalue weighted by Crippen LogP contribution is 2.33. The molecule has 0 fully saturated rings. The number of nitrogens with two attached hydrogens (primary N) is 1. The smallest absolute Gasteiger partial charge is 0.224 e. The number of halogens is 1. The van der Waals surface area contributed by atoms with E-state index < -0.39 is 0 Å². The summed E-state index contributed by atoms with van der Waals surface area (Å²) in [5, 5.41) is 12.5. The molecule has 0 atom stereocenters. The molecule has 0 radical (unpaired) electrons. The average Bonchev–Trinajstić information content (AvgIpc) is 2.99. The van der Waals surface area contributed by atoms with Gasteiger partial charge in [-0.25, -0.2) is 0 Å². The lowest BCUT2D eigenvalue weighted by Crippen LogP contribution is -2.05. The Bertz CT molecular complexity index is 1150. The summed E-state index contributed by atoms with van der Waals surface area (Å²) in [4.78, 5) is 0.